The van der Waals surface area contributed by atoms with Crippen molar-refractivity contribution in [1.82, 2.24) is 4.98 Å². The maximum Gasteiger partial charge on any atom is 0.301 e. The van der Waals surface area contributed by atoms with Gasteiger partial charge in [-0.05, 0) is 82.5 Å². The summed E-state index contributed by atoms with van der Waals surface area (Å²) in [4.78, 5) is 32.7. The number of phenols is 1. The van der Waals surface area contributed by atoms with Gasteiger partial charge in [-0.15, -0.1) is 0 Å². The molecule has 0 radical (unpaired) electrons. The fourth-order valence-electron chi connectivity index (χ4n) is 4.14. The lowest BCUT2D eigenvalue weighted by atomic mass is 9.95. The SMILES string of the molecule is COc1cc(C2C(=C(O)c3ccc(Cl)cc3)C(=O)C(=O)N2c2nc3ccc(C)cc3s2)cc(Br)c1O. The number of ether oxygens (including phenoxy) is 1. The first kappa shape index (κ1) is 24.3. The number of ketones is 1. The molecule has 0 saturated carbocycles. The lowest BCUT2D eigenvalue weighted by molar-refractivity contribution is -0.132. The molecule has 2 N–H and O–H groups in total. The van der Waals surface area contributed by atoms with E-state index in [-0.39, 0.29) is 22.8 Å². The van der Waals surface area contributed by atoms with E-state index in [0.29, 0.717) is 31.3 Å². The van der Waals surface area contributed by atoms with Crippen LogP contribution in [0.15, 0.2) is 64.6 Å². The van der Waals surface area contributed by atoms with E-state index in [1.165, 1.54) is 29.4 Å². The van der Waals surface area contributed by atoms with Crippen molar-refractivity contribution in [1.29, 1.82) is 0 Å². The van der Waals surface area contributed by atoms with Gasteiger partial charge in [0, 0.05) is 10.6 Å². The summed E-state index contributed by atoms with van der Waals surface area (Å²) in [5, 5.41) is 22.4. The number of nitrogens with zero attached hydrogens (tertiary/aromatic N) is 2. The molecule has 2 heterocycles. The third-order valence-electron chi connectivity index (χ3n) is 5.89. The lowest BCUT2D eigenvalue weighted by Crippen LogP contribution is -2.29. The molecule has 1 saturated heterocycles. The summed E-state index contributed by atoms with van der Waals surface area (Å²) in [6, 6.07) is 14.1. The first-order valence-electron chi connectivity index (χ1n) is 10.7. The molecule has 3 aromatic carbocycles. The van der Waals surface area contributed by atoms with Crippen LogP contribution in [0.25, 0.3) is 16.0 Å². The van der Waals surface area contributed by atoms with Crippen LogP contribution >= 0.6 is 38.9 Å². The fourth-order valence-corrected chi connectivity index (χ4v) is 5.81. The number of carbonyl (C=O) groups excluding carboxylic acids is 2. The summed E-state index contributed by atoms with van der Waals surface area (Å²) in [5.74, 6) is -2.03. The summed E-state index contributed by atoms with van der Waals surface area (Å²) in [6.07, 6.45) is 0. The monoisotopic (exact) mass is 584 g/mol. The van der Waals surface area contributed by atoms with Gasteiger partial charge in [0.2, 0.25) is 0 Å². The van der Waals surface area contributed by atoms with Gasteiger partial charge < -0.3 is 14.9 Å². The van der Waals surface area contributed by atoms with Crippen LogP contribution in [0.5, 0.6) is 11.5 Å². The quantitative estimate of drug-likeness (QED) is 0.164. The Morgan fingerprint density at radius 1 is 1.14 bits per heavy atom. The Kier molecular flexibility index (Phi) is 6.23. The van der Waals surface area contributed by atoms with E-state index >= 15 is 0 Å². The molecule has 1 aromatic heterocycles. The summed E-state index contributed by atoms with van der Waals surface area (Å²) in [7, 11) is 1.39. The van der Waals surface area contributed by atoms with Crippen molar-refractivity contribution in [2.75, 3.05) is 12.0 Å². The van der Waals surface area contributed by atoms with Crippen LogP contribution in [-0.4, -0.2) is 34.0 Å². The first-order chi connectivity index (χ1) is 17.2. The number of phenolic OH excluding ortho intramolecular Hbond substituents is 1. The van der Waals surface area contributed by atoms with Gasteiger partial charge in [-0.1, -0.05) is 29.0 Å². The van der Waals surface area contributed by atoms with Crippen LogP contribution in [0, 0.1) is 6.92 Å². The molecule has 7 nitrogen and oxygen atoms in total. The molecule has 10 heteroatoms. The van der Waals surface area contributed by atoms with Crippen molar-refractivity contribution in [3.8, 4) is 11.5 Å². The number of Topliss-reactive ketones (excluding diaryl/α,β-unsaturated/α-hetero) is 1. The molecule has 182 valence electrons. The van der Waals surface area contributed by atoms with Gasteiger partial charge in [0.15, 0.2) is 16.6 Å². The first-order valence-corrected chi connectivity index (χ1v) is 12.7. The molecule has 1 atom stereocenters. The standard InChI is InChI=1S/C26H18BrClN2O5S/c1-12-3-8-17-19(9-12)36-26(29-17)30-21(14-10-16(27)23(32)18(11-14)35-2)20(24(33)25(30)34)22(31)13-4-6-15(28)7-5-13/h3-11,21,31-32H,1-2H3. The van der Waals surface area contributed by atoms with E-state index in [0.717, 1.165) is 10.3 Å². The zero-order valence-corrected chi connectivity index (χ0v) is 22.1. The number of carbonyl (C=O) groups is 2. The zero-order chi connectivity index (χ0) is 25.7. The number of hydrogen-bond donors (Lipinski definition) is 2. The predicted molar refractivity (Wildman–Crippen MR) is 143 cm³/mol. The van der Waals surface area contributed by atoms with Crippen molar-refractivity contribution < 1.29 is 24.5 Å². The highest BCUT2D eigenvalue weighted by atomic mass is 79.9. The van der Waals surface area contributed by atoms with Gasteiger partial charge >= 0.3 is 5.91 Å². The Morgan fingerprint density at radius 3 is 2.56 bits per heavy atom. The molecular weight excluding hydrogens is 568 g/mol. The van der Waals surface area contributed by atoms with E-state index in [9.17, 15) is 19.8 Å². The maximum absolute atomic E-state index is 13.4. The largest absolute Gasteiger partial charge is 0.507 e. The number of aryl methyl sites for hydroxylation is 1. The molecule has 1 fully saturated rings. The number of aliphatic hydroxyl groups is 1. The van der Waals surface area contributed by atoms with Crippen molar-refractivity contribution in [3.63, 3.8) is 0 Å². The topological polar surface area (TPSA) is 100.0 Å². The Labute approximate surface area is 223 Å². The van der Waals surface area contributed by atoms with Crippen LogP contribution in [-0.2, 0) is 9.59 Å². The number of aliphatic hydroxyl groups excluding tert-OH is 1. The number of aromatic nitrogens is 1. The minimum Gasteiger partial charge on any atom is -0.507 e. The summed E-state index contributed by atoms with van der Waals surface area (Å²) in [5.41, 5.74) is 2.36. The molecule has 5 rings (SSSR count). The van der Waals surface area contributed by atoms with E-state index < -0.39 is 17.7 Å². The summed E-state index contributed by atoms with van der Waals surface area (Å²) < 4.78 is 6.46. The number of anilines is 1. The summed E-state index contributed by atoms with van der Waals surface area (Å²) >= 11 is 10.6. The van der Waals surface area contributed by atoms with Gasteiger partial charge in [-0.3, -0.25) is 14.5 Å². The highest BCUT2D eigenvalue weighted by Crippen LogP contribution is 2.47. The molecule has 1 aliphatic heterocycles. The molecule has 0 bridgehead atoms. The number of aromatic hydroxyl groups is 1. The van der Waals surface area contributed by atoms with Gasteiger partial charge in [0.05, 0.1) is 33.4 Å². The zero-order valence-electron chi connectivity index (χ0n) is 19.0. The minimum atomic E-state index is -1.03. The number of hydrogen-bond acceptors (Lipinski definition) is 7. The third kappa shape index (κ3) is 4.03. The second-order valence-corrected chi connectivity index (χ2v) is 10.5. The average molecular weight is 586 g/mol. The number of amides is 1. The Morgan fingerprint density at radius 2 is 1.86 bits per heavy atom. The Hall–Kier alpha value is -3.40. The highest BCUT2D eigenvalue weighted by Gasteiger charge is 2.48. The van der Waals surface area contributed by atoms with Gasteiger partial charge in [0.25, 0.3) is 5.78 Å². The molecule has 1 unspecified atom stereocenters. The number of rotatable bonds is 4. The van der Waals surface area contributed by atoms with Crippen molar-refractivity contribution in [2.45, 2.75) is 13.0 Å². The molecule has 36 heavy (non-hydrogen) atoms. The van der Waals surface area contributed by atoms with Crippen LogP contribution in [0.1, 0.15) is 22.7 Å². The fraction of sp³-hybridized carbons (Fsp3) is 0.115. The molecule has 0 aliphatic carbocycles. The van der Waals surface area contributed by atoms with Gasteiger partial charge in [0.1, 0.15) is 5.76 Å². The van der Waals surface area contributed by atoms with Crippen molar-refractivity contribution >= 4 is 71.7 Å². The minimum absolute atomic E-state index is 0.114. The third-order valence-corrected chi connectivity index (χ3v) is 7.76. The van der Waals surface area contributed by atoms with Crippen LogP contribution in [0.2, 0.25) is 5.02 Å². The lowest BCUT2D eigenvalue weighted by Gasteiger charge is -2.24. The second-order valence-electron chi connectivity index (χ2n) is 8.20. The normalized spacial score (nSPS) is 17.2. The smallest absolute Gasteiger partial charge is 0.301 e. The van der Waals surface area contributed by atoms with Gasteiger partial charge in [-0.25, -0.2) is 4.98 Å². The van der Waals surface area contributed by atoms with E-state index in [1.807, 2.05) is 25.1 Å². The van der Waals surface area contributed by atoms with Crippen molar-refractivity contribution in [3.05, 3.63) is 86.4 Å². The molecule has 1 amide bonds. The Bertz CT molecular complexity index is 1580. The number of thiazole rings is 1. The van der Waals surface area contributed by atoms with E-state index in [4.69, 9.17) is 16.3 Å². The predicted octanol–water partition coefficient (Wildman–Crippen LogP) is 6.36. The number of fused-ring (bicyclic) bond motifs is 1. The molecular formula is C26H18BrClN2O5S. The van der Waals surface area contributed by atoms with Crippen molar-refractivity contribution in [2.24, 2.45) is 0 Å². The van der Waals surface area contributed by atoms with Crippen LogP contribution in [0.3, 0.4) is 0 Å². The Balaban J connectivity index is 1.77. The molecule has 0 spiro atoms. The molecule has 4 aromatic rings. The average Bonchev–Trinajstić information content (AvgIpc) is 3.38. The van der Waals surface area contributed by atoms with E-state index in [2.05, 4.69) is 20.9 Å². The number of methoxy groups -OCH3 is 1. The number of halogens is 2. The van der Waals surface area contributed by atoms with Crippen LogP contribution in [0.4, 0.5) is 5.13 Å². The second kappa shape index (κ2) is 9.24. The highest BCUT2D eigenvalue weighted by molar-refractivity contribution is 9.10. The van der Waals surface area contributed by atoms with Gasteiger partial charge in [-0.2, -0.15) is 0 Å². The maximum atomic E-state index is 13.4. The summed E-state index contributed by atoms with van der Waals surface area (Å²) in [6.45, 7) is 1.96. The van der Waals surface area contributed by atoms with E-state index in [1.54, 1.807) is 30.3 Å². The van der Waals surface area contributed by atoms with Crippen LogP contribution < -0.4 is 9.64 Å². The number of benzene rings is 3. The molecule has 1 aliphatic rings.